The molecule has 0 bridgehead atoms. The molecule has 0 aliphatic rings. The molecule has 55 heavy (non-hydrogen) atoms. The third-order valence-corrected chi connectivity index (χ3v) is 9.14. The van der Waals surface area contributed by atoms with E-state index in [1.54, 1.807) is 24.3 Å². The van der Waals surface area contributed by atoms with Gasteiger partial charge in [-0.05, 0) is 99.1 Å². The molecule has 0 amide bonds. The number of alkyl halides is 3. The summed E-state index contributed by atoms with van der Waals surface area (Å²) in [5.41, 5.74) is 8.60. The summed E-state index contributed by atoms with van der Waals surface area (Å²) < 4.78 is 39.2. The molecule has 0 aliphatic carbocycles. The number of non-ortho nitro benzene ring substituents is 2. The van der Waals surface area contributed by atoms with Crippen molar-refractivity contribution in [3.05, 3.63) is 218 Å². The van der Waals surface area contributed by atoms with Crippen LogP contribution in [0.25, 0.3) is 33.9 Å². The summed E-state index contributed by atoms with van der Waals surface area (Å²) in [4.78, 5) is 23.5. The van der Waals surface area contributed by atoms with Crippen LogP contribution in [0.4, 0.5) is 41.6 Å². The molecule has 7 rings (SSSR count). The molecule has 7 aromatic carbocycles. The first-order chi connectivity index (χ1) is 26.5. The molecule has 0 heterocycles. The van der Waals surface area contributed by atoms with Crippen molar-refractivity contribution >= 4 is 40.1 Å². The van der Waals surface area contributed by atoms with Crippen molar-refractivity contribution in [1.29, 1.82) is 0 Å². The Morgan fingerprint density at radius 2 is 0.836 bits per heavy atom. The van der Waals surface area contributed by atoms with Crippen molar-refractivity contribution in [3.63, 3.8) is 0 Å². The van der Waals surface area contributed by atoms with Gasteiger partial charge in [-0.25, -0.2) is 0 Å². The lowest BCUT2D eigenvalue weighted by Crippen LogP contribution is -2.10. The van der Waals surface area contributed by atoms with E-state index < -0.39 is 21.6 Å². The largest absolute Gasteiger partial charge is 0.416 e. The molecule has 0 radical (unpaired) electrons. The molecule has 0 spiro atoms. The number of hydrogen-bond donors (Lipinski definition) is 0. The van der Waals surface area contributed by atoms with E-state index in [0.29, 0.717) is 16.9 Å². The number of hydrogen-bond acceptors (Lipinski definition) is 5. The summed E-state index contributed by atoms with van der Waals surface area (Å²) >= 11 is 0. The lowest BCUT2D eigenvalue weighted by molar-refractivity contribution is -0.385. The number of benzene rings is 7. The Bertz CT molecular complexity index is 2410. The first kappa shape index (κ1) is 36.0. The van der Waals surface area contributed by atoms with Crippen LogP contribution in [0.2, 0.25) is 0 Å². The number of nitrogens with zero attached hydrogens (tertiary/aromatic N) is 3. The van der Waals surface area contributed by atoms with Gasteiger partial charge < -0.3 is 4.90 Å². The van der Waals surface area contributed by atoms with E-state index in [2.05, 4.69) is 6.08 Å². The van der Waals surface area contributed by atoms with Gasteiger partial charge in [-0.3, -0.25) is 20.2 Å². The average Bonchev–Trinajstić information content (AvgIpc) is 3.21. The summed E-state index contributed by atoms with van der Waals surface area (Å²) in [6, 6.07) is 51.0. The molecule has 0 saturated carbocycles. The lowest BCUT2D eigenvalue weighted by atomic mass is 9.93. The second kappa shape index (κ2) is 15.3. The normalized spacial score (nSPS) is 11.6. The van der Waals surface area contributed by atoms with Gasteiger partial charge in [0.05, 0.1) is 15.4 Å². The van der Waals surface area contributed by atoms with Crippen LogP contribution in [0, 0.1) is 20.2 Å². The lowest BCUT2D eigenvalue weighted by Gasteiger charge is -2.25. The monoisotopic (exact) mass is 733 g/mol. The van der Waals surface area contributed by atoms with Gasteiger partial charge in [0.25, 0.3) is 11.4 Å². The predicted molar refractivity (Wildman–Crippen MR) is 210 cm³/mol. The molecule has 0 fully saturated rings. The Kier molecular flexibility index (Phi) is 10.1. The topological polar surface area (TPSA) is 89.5 Å². The average molecular weight is 734 g/mol. The van der Waals surface area contributed by atoms with Crippen LogP contribution in [0.15, 0.2) is 176 Å². The summed E-state index contributed by atoms with van der Waals surface area (Å²) in [5.74, 6) is 0. The molecular formula is C45H30F3N3O4. The standard InChI is InChI=1S/C45H30F3N3O4/c46-45(47,48)38-18-14-34(15-19-38)33-10-12-37(13-11-33)44(36-4-2-1-3-5-36)30-31-6-8-32(9-7-31)35-16-20-39(21-17-35)49(40-22-26-42(27-23-40)50(52)53)41-24-28-43(29-25-41)51(54)55/h1-30H/b44-30+. The fourth-order valence-corrected chi connectivity index (χ4v) is 6.28. The maximum absolute atomic E-state index is 13.1. The minimum absolute atomic E-state index is 0.0495. The number of halogens is 3. The third-order valence-electron chi connectivity index (χ3n) is 9.14. The summed E-state index contributed by atoms with van der Waals surface area (Å²) in [7, 11) is 0. The highest BCUT2D eigenvalue weighted by Crippen LogP contribution is 2.38. The minimum atomic E-state index is -4.39. The summed E-state index contributed by atoms with van der Waals surface area (Å²) in [5, 5.41) is 22.6. The molecule has 7 aromatic rings. The van der Waals surface area contributed by atoms with Crippen molar-refractivity contribution in [2.24, 2.45) is 0 Å². The zero-order chi connectivity index (χ0) is 38.5. The van der Waals surface area contributed by atoms with E-state index in [4.69, 9.17) is 0 Å². The van der Waals surface area contributed by atoms with Crippen molar-refractivity contribution in [2.75, 3.05) is 4.90 Å². The third kappa shape index (κ3) is 8.18. The van der Waals surface area contributed by atoms with E-state index in [9.17, 15) is 33.4 Å². The molecule has 0 atom stereocenters. The van der Waals surface area contributed by atoms with Gasteiger partial charge in [-0.2, -0.15) is 13.2 Å². The first-order valence-electron chi connectivity index (χ1n) is 17.1. The van der Waals surface area contributed by atoms with Gasteiger partial charge in [0.2, 0.25) is 0 Å². The smallest absolute Gasteiger partial charge is 0.310 e. The number of anilines is 3. The van der Waals surface area contributed by atoms with Crippen LogP contribution in [-0.2, 0) is 6.18 Å². The molecule has 0 unspecified atom stereocenters. The molecule has 0 aliphatic heterocycles. The summed E-state index contributed by atoms with van der Waals surface area (Å²) in [6.45, 7) is 0. The second-order valence-electron chi connectivity index (χ2n) is 12.6. The van der Waals surface area contributed by atoms with E-state index in [0.717, 1.165) is 56.8 Å². The van der Waals surface area contributed by atoms with Gasteiger partial charge in [-0.15, -0.1) is 0 Å². The van der Waals surface area contributed by atoms with E-state index >= 15 is 0 Å². The van der Waals surface area contributed by atoms with Crippen molar-refractivity contribution in [2.45, 2.75) is 6.18 Å². The Balaban J connectivity index is 1.15. The highest BCUT2D eigenvalue weighted by atomic mass is 19.4. The van der Waals surface area contributed by atoms with Gasteiger partial charge in [0, 0.05) is 41.3 Å². The van der Waals surface area contributed by atoms with Crippen LogP contribution >= 0.6 is 0 Å². The zero-order valence-electron chi connectivity index (χ0n) is 28.9. The van der Waals surface area contributed by atoms with Crippen LogP contribution < -0.4 is 4.90 Å². The summed E-state index contributed by atoms with van der Waals surface area (Å²) in [6.07, 6.45) is -2.29. The van der Waals surface area contributed by atoms with Gasteiger partial charge in [0.15, 0.2) is 0 Å². The number of rotatable bonds is 10. The zero-order valence-corrected chi connectivity index (χ0v) is 28.9. The maximum atomic E-state index is 13.1. The highest BCUT2D eigenvalue weighted by Gasteiger charge is 2.30. The van der Waals surface area contributed by atoms with E-state index in [1.807, 2.05) is 108 Å². The Hall–Kier alpha value is -7.33. The van der Waals surface area contributed by atoms with Crippen LogP contribution in [-0.4, -0.2) is 9.85 Å². The van der Waals surface area contributed by atoms with E-state index in [1.165, 1.54) is 36.4 Å². The Morgan fingerprint density at radius 1 is 0.473 bits per heavy atom. The molecule has 7 nitrogen and oxygen atoms in total. The Labute approximate surface area is 314 Å². The molecule has 0 saturated heterocycles. The number of nitro benzene ring substituents is 2. The number of nitro groups is 2. The van der Waals surface area contributed by atoms with Crippen LogP contribution in [0.1, 0.15) is 22.3 Å². The fourth-order valence-electron chi connectivity index (χ4n) is 6.28. The fraction of sp³-hybridized carbons (Fsp3) is 0.0222. The molecule has 0 aromatic heterocycles. The van der Waals surface area contributed by atoms with Crippen LogP contribution in [0.5, 0.6) is 0 Å². The van der Waals surface area contributed by atoms with Gasteiger partial charge in [0.1, 0.15) is 0 Å². The highest BCUT2D eigenvalue weighted by molar-refractivity contribution is 5.92. The molecular weight excluding hydrogens is 704 g/mol. The predicted octanol–water partition coefficient (Wildman–Crippen LogP) is 12.9. The molecule has 0 N–H and O–H groups in total. The second-order valence-corrected chi connectivity index (χ2v) is 12.6. The maximum Gasteiger partial charge on any atom is 0.416 e. The molecule has 10 heteroatoms. The van der Waals surface area contributed by atoms with Crippen LogP contribution in [0.3, 0.4) is 0 Å². The van der Waals surface area contributed by atoms with Crippen molar-refractivity contribution in [1.82, 2.24) is 0 Å². The Morgan fingerprint density at radius 3 is 1.25 bits per heavy atom. The van der Waals surface area contributed by atoms with Gasteiger partial charge in [-0.1, -0.05) is 103 Å². The van der Waals surface area contributed by atoms with Crippen molar-refractivity contribution in [3.8, 4) is 22.3 Å². The minimum Gasteiger partial charge on any atom is -0.310 e. The quantitative estimate of drug-likeness (QED) is 0.0793. The SMILES string of the molecule is O=[N+]([O-])c1ccc(N(c2ccc(-c3ccc(/C=C(\c4ccccc4)c4ccc(-c5ccc(C(F)(F)F)cc5)cc4)cc3)cc2)c2ccc([N+](=O)[O-])cc2)cc1. The molecule has 270 valence electrons. The van der Waals surface area contributed by atoms with Crippen molar-refractivity contribution < 1.29 is 23.0 Å². The first-order valence-corrected chi connectivity index (χ1v) is 17.1. The van der Waals surface area contributed by atoms with E-state index in [-0.39, 0.29) is 11.4 Å². The van der Waals surface area contributed by atoms with Gasteiger partial charge >= 0.3 is 6.18 Å².